The summed E-state index contributed by atoms with van der Waals surface area (Å²) in [5, 5.41) is 2.03. The molecule has 0 amide bonds. The van der Waals surface area contributed by atoms with Gasteiger partial charge in [0.25, 0.3) is 0 Å². The third kappa shape index (κ3) is 8.00. The molecule has 0 atom stereocenters. The fraction of sp³-hybridized carbons (Fsp3) is 0.400. The molecule has 18 heavy (non-hydrogen) atoms. The molecular weight excluding hydrogens is 410 g/mol. The molecule has 8 heteroatoms. The summed E-state index contributed by atoms with van der Waals surface area (Å²) in [5.74, 6) is 0. The summed E-state index contributed by atoms with van der Waals surface area (Å²) < 4.78 is 29.6. The van der Waals surface area contributed by atoms with Crippen molar-refractivity contribution in [1.82, 2.24) is 0 Å². The van der Waals surface area contributed by atoms with Crippen molar-refractivity contribution in [2.75, 3.05) is 0 Å². The van der Waals surface area contributed by atoms with Gasteiger partial charge in [0.2, 0.25) is 16.6 Å². The van der Waals surface area contributed by atoms with Crippen LogP contribution in [0.1, 0.15) is 0 Å². The zero-order valence-corrected chi connectivity index (χ0v) is 16.0. The van der Waals surface area contributed by atoms with E-state index in [1.807, 2.05) is 50.5 Å². The van der Waals surface area contributed by atoms with Gasteiger partial charge in [-0.25, -0.2) is 0 Å². The Hall–Kier alpha value is 0.714. The predicted molar refractivity (Wildman–Crippen MR) is 68.4 cm³/mol. The minimum absolute atomic E-state index is 1.01. The molecule has 2 N–H and O–H groups in total. The zero-order valence-electron chi connectivity index (χ0n) is 10.8. The first kappa shape index (κ1) is 18.7. The van der Waals surface area contributed by atoms with E-state index in [0.717, 1.165) is 10.4 Å². The molecule has 0 unspecified atom stereocenters. The van der Waals surface area contributed by atoms with E-state index < -0.39 is 53.7 Å². The molecule has 0 aromatic heterocycles. The fourth-order valence-electron chi connectivity index (χ4n) is 1.29. The minimum atomic E-state index is -5.16. The first-order chi connectivity index (χ1) is 7.94. The molecule has 1 aromatic rings. The van der Waals surface area contributed by atoms with Crippen molar-refractivity contribution in [2.45, 2.75) is 26.2 Å². The monoisotopic (exact) mass is 425 g/mol. The van der Waals surface area contributed by atoms with E-state index in [1.165, 1.54) is 0 Å². The standard InChI is InChI=1S/C10H18O2Si2.3FH.Nd/c1-13(2,11)9-5-7-10(8-6-9)14(3,4)12;;;;/h5-8,11-12H,1-4H3;3*1H;/q;;;;+3/p-3. The van der Waals surface area contributed by atoms with Crippen LogP contribution in [0.25, 0.3) is 0 Å². The van der Waals surface area contributed by atoms with Gasteiger partial charge >= 0.3 is 40.1 Å². The maximum absolute atomic E-state index is 9.88. The van der Waals surface area contributed by atoms with Gasteiger partial charge in [-0.15, -0.1) is 0 Å². The summed E-state index contributed by atoms with van der Waals surface area (Å²) in [6, 6.07) is 7.75. The Bertz CT molecular complexity index is 325. The molecule has 0 aliphatic heterocycles. The van der Waals surface area contributed by atoms with Crippen molar-refractivity contribution in [2.24, 2.45) is 0 Å². The van der Waals surface area contributed by atoms with Gasteiger partial charge in [0, 0.05) is 0 Å². The third-order valence-corrected chi connectivity index (χ3v) is 5.79. The maximum atomic E-state index is 9.88. The van der Waals surface area contributed by atoms with E-state index in [9.17, 15) is 12.6 Å². The zero-order chi connectivity index (χ0) is 14.6. The third-order valence-electron chi connectivity index (χ3n) is 2.30. The normalized spacial score (nSPS) is 11.6. The summed E-state index contributed by atoms with van der Waals surface area (Å²) in [6.07, 6.45) is 0. The van der Waals surface area contributed by atoms with Crippen molar-refractivity contribution in [3.63, 3.8) is 0 Å². The number of halogens is 3. The van der Waals surface area contributed by atoms with Gasteiger partial charge in [0.1, 0.15) is 0 Å². The van der Waals surface area contributed by atoms with Crippen LogP contribution in [0.3, 0.4) is 0 Å². The molecule has 0 spiro atoms. The van der Waals surface area contributed by atoms with Gasteiger partial charge in [-0.1, -0.05) is 24.3 Å². The topological polar surface area (TPSA) is 40.5 Å². The van der Waals surface area contributed by atoms with Crippen molar-refractivity contribution >= 4 is 27.0 Å². The Kier molecular flexibility index (Phi) is 7.78. The Morgan fingerprint density at radius 3 is 1.06 bits per heavy atom. The Balaban J connectivity index is 0.000000631. The molecule has 0 radical (unpaired) electrons. The second-order valence-corrected chi connectivity index (χ2v) is 13.7. The quantitative estimate of drug-likeness (QED) is 0.706. The second kappa shape index (κ2) is 7.48. The molecule has 103 valence electrons. The fourth-order valence-corrected chi connectivity index (χ4v) is 3.25. The van der Waals surface area contributed by atoms with Crippen LogP contribution in [0, 0.1) is 37.1 Å². The summed E-state index contributed by atoms with van der Waals surface area (Å²) in [6.45, 7) is 7.57. The van der Waals surface area contributed by atoms with Crippen LogP contribution >= 0.6 is 0 Å². The molecule has 2 nitrogen and oxygen atoms in total. The van der Waals surface area contributed by atoms with Crippen LogP contribution in [0.5, 0.6) is 0 Å². The summed E-state index contributed by atoms with van der Waals surface area (Å²) in [5.41, 5.74) is 0. The van der Waals surface area contributed by atoms with Gasteiger partial charge in [-0.3, -0.25) is 0 Å². The molecule has 0 saturated heterocycles. The molecule has 0 saturated carbocycles. The van der Waals surface area contributed by atoms with Crippen LogP contribution in [-0.2, 0) is 0 Å². The van der Waals surface area contributed by atoms with Crippen molar-refractivity contribution in [1.29, 1.82) is 0 Å². The van der Waals surface area contributed by atoms with Gasteiger partial charge in [-0.2, -0.15) is 0 Å². The predicted octanol–water partition coefficient (Wildman–Crippen LogP) is 1.76. The molecule has 1 rings (SSSR count). The number of hydrogen-bond acceptors (Lipinski definition) is 2. The van der Waals surface area contributed by atoms with E-state index in [-0.39, 0.29) is 0 Å². The Morgan fingerprint density at radius 1 is 0.778 bits per heavy atom. The van der Waals surface area contributed by atoms with E-state index in [1.54, 1.807) is 0 Å². The first-order valence-electron chi connectivity index (χ1n) is 5.34. The Labute approximate surface area is 126 Å². The molecule has 0 bridgehead atoms. The molecule has 0 aliphatic rings. The van der Waals surface area contributed by atoms with Crippen molar-refractivity contribution in [3.05, 3.63) is 24.3 Å². The molecular formula is C10H18F3NdO2Si2. The van der Waals surface area contributed by atoms with Crippen LogP contribution < -0.4 is 10.4 Å². The van der Waals surface area contributed by atoms with Crippen LogP contribution in [0.2, 0.25) is 26.2 Å². The summed E-state index contributed by atoms with van der Waals surface area (Å²) in [4.78, 5) is 19.7. The average molecular weight is 428 g/mol. The van der Waals surface area contributed by atoms with Gasteiger partial charge in [-0.05, 0) is 36.6 Å². The Morgan fingerprint density at radius 2 is 0.944 bits per heavy atom. The number of hydrogen-bond donors (Lipinski definition) is 2. The van der Waals surface area contributed by atoms with Crippen molar-refractivity contribution in [3.8, 4) is 0 Å². The van der Waals surface area contributed by atoms with Gasteiger partial charge in [0.15, 0.2) is 0 Å². The molecule has 0 heterocycles. The second-order valence-electron chi connectivity index (χ2n) is 4.91. The van der Waals surface area contributed by atoms with Crippen LogP contribution in [0.4, 0.5) is 3.04 Å². The SMILES string of the molecule is C[Si](C)(O)c1ccc([Si](C)(C)O)cc1.[F][Nd]([F])[F]. The average Bonchev–Trinajstić information content (AvgIpc) is 2.14. The molecule has 0 fully saturated rings. The van der Waals surface area contributed by atoms with Gasteiger partial charge < -0.3 is 9.59 Å². The van der Waals surface area contributed by atoms with E-state index in [0.29, 0.717) is 0 Å². The van der Waals surface area contributed by atoms with E-state index in [4.69, 9.17) is 0 Å². The van der Waals surface area contributed by atoms with Gasteiger partial charge in [0.05, 0.1) is 0 Å². The summed E-state index contributed by atoms with van der Waals surface area (Å²) >= 11 is -5.16. The van der Waals surface area contributed by atoms with Crippen LogP contribution in [-0.4, -0.2) is 26.2 Å². The van der Waals surface area contributed by atoms with E-state index >= 15 is 0 Å². The van der Waals surface area contributed by atoms with Crippen LogP contribution in [0.15, 0.2) is 24.3 Å². The number of rotatable bonds is 2. The molecule has 1 aromatic carbocycles. The first-order valence-corrected chi connectivity index (χ1v) is 14.9. The van der Waals surface area contributed by atoms with E-state index in [2.05, 4.69) is 0 Å². The number of benzene rings is 1. The molecule has 0 aliphatic carbocycles. The summed E-state index contributed by atoms with van der Waals surface area (Å²) in [7, 11) is -4.36. The van der Waals surface area contributed by atoms with Crippen molar-refractivity contribution < 1.29 is 49.7 Å².